The Hall–Kier alpha value is -10.4. The van der Waals surface area contributed by atoms with E-state index in [4.69, 9.17) is 23.7 Å². The van der Waals surface area contributed by atoms with Crippen LogP contribution >= 0.6 is 0 Å². The summed E-state index contributed by atoms with van der Waals surface area (Å²) in [6, 6.07) is 31.0. The summed E-state index contributed by atoms with van der Waals surface area (Å²) in [5.41, 5.74) is 13.8. The zero-order valence-electron chi connectivity index (χ0n) is 58.1. The lowest BCUT2D eigenvalue weighted by molar-refractivity contribution is -0.117. The predicted molar refractivity (Wildman–Crippen MR) is 382 cm³/mol. The molecule has 4 aliphatic rings. The van der Waals surface area contributed by atoms with Gasteiger partial charge in [-0.25, -0.2) is 0 Å². The highest BCUT2D eigenvalue weighted by Crippen LogP contribution is 2.36. The topological polar surface area (TPSA) is 251 Å². The molecule has 4 aromatic heterocycles. The minimum absolute atomic E-state index is 0.0271. The van der Waals surface area contributed by atoms with Crippen molar-refractivity contribution in [2.45, 2.75) is 98.8 Å². The Morgan fingerprint density at radius 2 is 1.07 bits per heavy atom. The largest absolute Gasteiger partial charge is 0.507 e. The molecule has 0 unspecified atom stereocenters. The van der Waals surface area contributed by atoms with Crippen LogP contribution in [0.25, 0.3) is 22.8 Å². The maximum atomic E-state index is 12.2. The number of phenolic OH excluding ortho intramolecular Hbond substituents is 3. The summed E-state index contributed by atoms with van der Waals surface area (Å²) in [6.45, 7) is 25.9. The molecule has 0 aliphatic carbocycles. The van der Waals surface area contributed by atoms with E-state index >= 15 is 0 Å². The lowest BCUT2D eigenvalue weighted by Gasteiger charge is -2.25. The number of carbonyl (C=O) groups is 4. The van der Waals surface area contributed by atoms with Gasteiger partial charge in [-0.15, -0.1) is 0 Å². The van der Waals surface area contributed by atoms with Crippen LogP contribution in [0.2, 0.25) is 0 Å². The lowest BCUT2D eigenvalue weighted by atomic mass is 10.0. The second kappa shape index (κ2) is 34.2. The van der Waals surface area contributed by atoms with Crippen molar-refractivity contribution in [3.05, 3.63) is 202 Å². The fourth-order valence-electron chi connectivity index (χ4n) is 12.5. The first kappa shape index (κ1) is 72.8. The quantitative estimate of drug-likeness (QED) is 0.0397. The Morgan fingerprint density at radius 1 is 0.586 bits per heavy atom. The first-order valence-corrected chi connectivity index (χ1v) is 33.2. The molecule has 99 heavy (non-hydrogen) atoms. The number of hydrogen-bond donors (Lipinski definition) is 3. The van der Waals surface area contributed by atoms with Gasteiger partial charge >= 0.3 is 0 Å². The van der Waals surface area contributed by atoms with Crippen molar-refractivity contribution in [2.75, 3.05) is 84.8 Å². The number of Topliss-reactive ketones (excluding diaryl/α,β-unsaturated/α-hetero) is 1. The smallest absolute Gasteiger partial charge is 0.227 e. The molecule has 1 atom stereocenters. The van der Waals surface area contributed by atoms with Crippen molar-refractivity contribution < 1.29 is 58.2 Å². The van der Waals surface area contributed by atoms with E-state index in [1.165, 1.54) is 41.3 Å². The molecular formula is C77H90N10O12. The number of pyridine rings is 1. The molecule has 0 saturated carbocycles. The Balaban J connectivity index is 0.000000154. The SMILES string of the molecule is C=Cc1c(O)cccc1OCC1=C(c2ccnn2C(C)C)CCOC1.CC(=O)c1c(O)cccc1OC[C@@H]1CCC(=O)N1c1cccnc1.CC(C)n1nccc1C1=C(COc2cccc(O)c2C=O)CN(C)C1.Cc1cccc(OCC2=C(c3ccnn3C(C)C)CN(C)C2)c1C=O. The average Bonchev–Trinajstić information content (AvgIpc) is 1.70. The zero-order chi connectivity index (χ0) is 70.9. The number of anilines is 1. The number of aromatic hydroxyl groups is 3. The van der Waals surface area contributed by atoms with E-state index in [1.54, 1.807) is 65.8 Å². The van der Waals surface area contributed by atoms with Crippen molar-refractivity contribution in [1.29, 1.82) is 0 Å². The molecule has 0 spiro atoms. The second-order valence-corrected chi connectivity index (χ2v) is 25.5. The van der Waals surface area contributed by atoms with Gasteiger partial charge in [-0.1, -0.05) is 43.0 Å². The Kier molecular flexibility index (Phi) is 25.2. The van der Waals surface area contributed by atoms with E-state index in [0.717, 1.165) is 78.4 Å². The van der Waals surface area contributed by atoms with Crippen LogP contribution in [0.4, 0.5) is 5.69 Å². The molecule has 3 N–H and O–H groups in total. The van der Waals surface area contributed by atoms with Gasteiger partial charge in [-0.3, -0.25) is 48.0 Å². The maximum absolute atomic E-state index is 12.2. The number of benzene rings is 4. The van der Waals surface area contributed by atoms with Crippen molar-refractivity contribution in [3.8, 4) is 40.2 Å². The molecule has 22 heteroatoms. The van der Waals surface area contributed by atoms with Gasteiger partial charge in [0.05, 0.1) is 64.9 Å². The third-order valence-electron chi connectivity index (χ3n) is 17.3. The van der Waals surface area contributed by atoms with E-state index in [-0.39, 0.29) is 58.8 Å². The first-order chi connectivity index (χ1) is 47.7. The van der Waals surface area contributed by atoms with Crippen LogP contribution in [0, 0.1) is 6.92 Å². The third-order valence-corrected chi connectivity index (χ3v) is 17.3. The summed E-state index contributed by atoms with van der Waals surface area (Å²) in [6.07, 6.45) is 13.8. The fraction of sp³-hybridized carbons (Fsp3) is 0.351. The first-order valence-electron chi connectivity index (χ1n) is 33.2. The summed E-state index contributed by atoms with van der Waals surface area (Å²) in [7, 11) is 4.17. The predicted octanol–water partition coefficient (Wildman–Crippen LogP) is 12.8. The zero-order valence-corrected chi connectivity index (χ0v) is 58.1. The summed E-state index contributed by atoms with van der Waals surface area (Å²) in [5.74, 6) is 1.74. The van der Waals surface area contributed by atoms with Gasteiger partial charge in [-0.05, 0) is 194 Å². The molecule has 22 nitrogen and oxygen atoms in total. The van der Waals surface area contributed by atoms with Gasteiger partial charge in [0.15, 0.2) is 18.4 Å². The number of aldehydes is 2. The molecule has 1 fully saturated rings. The number of rotatable bonds is 23. The molecule has 8 aromatic rings. The molecule has 520 valence electrons. The van der Waals surface area contributed by atoms with Crippen molar-refractivity contribution in [1.82, 2.24) is 44.1 Å². The average molecular weight is 1350 g/mol. The normalized spacial score (nSPS) is 15.6. The lowest BCUT2D eigenvalue weighted by Crippen LogP contribution is -2.37. The Bertz CT molecular complexity index is 4100. The second-order valence-electron chi connectivity index (χ2n) is 25.5. The molecule has 12 rings (SSSR count). The molecule has 4 aliphatic heterocycles. The van der Waals surface area contributed by atoms with Crippen LogP contribution < -0.4 is 23.8 Å². The van der Waals surface area contributed by atoms with Gasteiger partial charge in [-0.2, -0.15) is 15.3 Å². The minimum Gasteiger partial charge on any atom is -0.507 e. The number of carbonyl (C=O) groups excluding carboxylic acids is 4. The van der Waals surface area contributed by atoms with E-state index in [9.17, 15) is 34.5 Å². The fourth-order valence-corrected chi connectivity index (χ4v) is 12.5. The van der Waals surface area contributed by atoms with E-state index in [0.29, 0.717) is 98.4 Å². The number of nitrogens with zero attached hydrogens (tertiary/aromatic N) is 10. The van der Waals surface area contributed by atoms with Gasteiger partial charge in [0, 0.05) is 75.5 Å². The molecule has 8 heterocycles. The maximum Gasteiger partial charge on any atom is 0.227 e. The molecule has 1 saturated heterocycles. The standard InChI is InChI=1S/C20H25N3O2.C20H24N2O3.C19H23N3O3.C18H18N2O4/c1-14(2)23-19(8-9-21-23)17-11-22(4)10-16(17)13-25-20-7-5-6-15(3)18(20)12-24;1-4-16-19(23)6-5-7-20(16)25-13-15-12-24-11-9-17(15)18-8-10-21-22(18)14(2)3;1-13(2)22-17(7-8-20-22)15-10-21(3)9-14(15)12-25-19-6-4-5-18(24)16(19)11-23;1-12(21)18-15(22)5-2-6-16(18)24-11-14-7-8-17(23)20(14)13-4-3-9-19-10-13/h5-9,12,14H,10-11,13H2,1-4H3;4-8,10,14,23H,1,9,11-13H2,2-3H3;4-8,11,13,24H,9-10,12H2,1-3H3;2-6,9-10,14,22H,7-8,11H2,1H3/t;;;14-/m...0/s1. The summed E-state index contributed by atoms with van der Waals surface area (Å²) < 4.78 is 35.4. The Labute approximate surface area is 578 Å². The van der Waals surface area contributed by atoms with Gasteiger partial charge in [0.2, 0.25) is 5.91 Å². The van der Waals surface area contributed by atoms with Crippen LogP contribution in [0.1, 0.15) is 145 Å². The van der Waals surface area contributed by atoms with Crippen molar-refractivity contribution in [2.24, 2.45) is 0 Å². The molecule has 0 bridgehead atoms. The van der Waals surface area contributed by atoms with Crippen LogP contribution in [0.5, 0.6) is 40.2 Å². The van der Waals surface area contributed by atoms with Crippen LogP contribution in [0.3, 0.4) is 0 Å². The number of hydrogen-bond acceptors (Lipinski definition) is 18. The summed E-state index contributed by atoms with van der Waals surface area (Å²) >= 11 is 0. The molecule has 0 radical (unpaired) electrons. The van der Waals surface area contributed by atoms with Crippen molar-refractivity contribution in [3.63, 3.8) is 0 Å². The number of amides is 1. The number of aromatic nitrogens is 7. The monoisotopic (exact) mass is 1350 g/mol. The van der Waals surface area contributed by atoms with Gasteiger partial charge in [0.25, 0.3) is 0 Å². The highest BCUT2D eigenvalue weighted by molar-refractivity contribution is 5.99. The van der Waals surface area contributed by atoms with Crippen LogP contribution in [0.15, 0.2) is 157 Å². The van der Waals surface area contributed by atoms with Crippen molar-refractivity contribution >= 4 is 52.7 Å². The van der Waals surface area contributed by atoms with E-state index in [2.05, 4.69) is 103 Å². The van der Waals surface area contributed by atoms with Gasteiger partial charge in [0.1, 0.15) is 72.2 Å². The van der Waals surface area contributed by atoms with Gasteiger partial charge < -0.3 is 43.9 Å². The number of likely N-dealkylation sites (N-methyl/N-ethyl adjacent to an activating group) is 2. The third kappa shape index (κ3) is 17.8. The highest BCUT2D eigenvalue weighted by Gasteiger charge is 2.34. The number of ketones is 1. The number of aryl methyl sites for hydroxylation is 1. The molecule has 1 amide bonds. The molecular weight excluding hydrogens is 1260 g/mol. The summed E-state index contributed by atoms with van der Waals surface area (Å²) in [5, 5.41) is 42.9. The number of phenols is 3. The number of ether oxygens (including phenoxy) is 5. The van der Waals surface area contributed by atoms with E-state index < -0.39 is 0 Å². The molecule has 4 aromatic carbocycles. The van der Waals surface area contributed by atoms with E-state index in [1.807, 2.05) is 77.3 Å². The van der Waals surface area contributed by atoms with Crippen LogP contribution in [-0.4, -0.2) is 170 Å². The Morgan fingerprint density at radius 3 is 1.58 bits per heavy atom. The minimum atomic E-state index is -0.269. The van der Waals surface area contributed by atoms with Crippen LogP contribution in [-0.2, 0) is 9.53 Å². The summed E-state index contributed by atoms with van der Waals surface area (Å²) in [4.78, 5) is 56.7. The highest BCUT2D eigenvalue weighted by atomic mass is 16.5.